The number of carbonyl (C=O) groups is 1. The number of nitrogens with two attached hydrogens (primary N) is 1. The summed E-state index contributed by atoms with van der Waals surface area (Å²) in [6, 6.07) is 0. The number of rotatable bonds is 4. The van der Waals surface area contributed by atoms with Gasteiger partial charge in [-0.1, -0.05) is 0 Å². The van der Waals surface area contributed by atoms with Gasteiger partial charge >= 0.3 is 5.97 Å². The molecule has 0 unspecified atom stereocenters. The number of nitrogens with one attached hydrogen (secondary N) is 2. The zero-order valence-electron chi connectivity index (χ0n) is 4.66. The zero-order chi connectivity index (χ0) is 7.11. The summed E-state index contributed by atoms with van der Waals surface area (Å²) in [5.41, 5.74) is 4.45. The highest BCUT2D eigenvalue weighted by Gasteiger charge is 1.82. The Kier molecular flexibility index (Phi) is 4.60. The van der Waals surface area contributed by atoms with Gasteiger partial charge in [0.2, 0.25) is 0 Å². The fourth-order valence-electron chi connectivity index (χ4n) is 0.215. The van der Waals surface area contributed by atoms with E-state index in [1.165, 1.54) is 0 Å². The molecule has 0 bridgehead atoms. The molecule has 0 saturated heterocycles. The topological polar surface area (TPSA) is 99.7 Å². The number of carboxylic acids is 1. The van der Waals surface area contributed by atoms with Gasteiger partial charge in [-0.2, -0.15) is 5.53 Å². The van der Waals surface area contributed by atoms with Crippen molar-refractivity contribution < 1.29 is 9.90 Å². The highest BCUT2D eigenvalue weighted by molar-refractivity contribution is 6.21. The van der Waals surface area contributed by atoms with E-state index in [-0.39, 0.29) is 6.67 Å². The Morgan fingerprint density at radius 1 is 1.89 bits per heavy atom. The van der Waals surface area contributed by atoms with Crippen LogP contribution in [0.1, 0.15) is 0 Å². The van der Waals surface area contributed by atoms with Gasteiger partial charge in [-0.25, -0.2) is 10.2 Å². The second kappa shape index (κ2) is 5.16. The van der Waals surface area contributed by atoms with Crippen molar-refractivity contribution >= 4 is 12.2 Å². The zero-order valence-corrected chi connectivity index (χ0v) is 4.66. The Hall–Kier alpha value is -0.980. The van der Waals surface area contributed by atoms with Crippen LogP contribution in [-0.4, -0.2) is 24.0 Å². The van der Waals surface area contributed by atoms with Gasteiger partial charge in [0.05, 0.1) is 0 Å². The smallest absolute Gasteiger partial charge is 0.346 e. The Morgan fingerprint density at radius 3 is 3.00 bits per heavy atom. The van der Waals surface area contributed by atoms with E-state index in [9.17, 15) is 4.79 Å². The highest BCUT2D eigenvalue weighted by Crippen LogP contribution is 1.58. The van der Waals surface area contributed by atoms with E-state index < -0.39 is 5.97 Å². The van der Waals surface area contributed by atoms with Crippen LogP contribution in [-0.2, 0) is 4.79 Å². The van der Waals surface area contributed by atoms with E-state index in [0.717, 1.165) is 6.21 Å². The van der Waals surface area contributed by atoms with E-state index >= 15 is 0 Å². The first-order chi connectivity index (χ1) is 4.27. The number of hydrogen-bond donors (Lipinski definition) is 4. The Bertz CT molecular complexity index is 112. The average Bonchev–Trinajstić information content (AvgIpc) is 1.80. The standard InChI is InChI=1S/C3H8N4O2/c4-7-6-2-5-1-3(8)9/h1,6-7H,2,4H2,(H,8,9)/b5-1+. The minimum Gasteiger partial charge on any atom is -0.477 e. The summed E-state index contributed by atoms with van der Waals surface area (Å²) >= 11 is 0. The van der Waals surface area contributed by atoms with E-state index in [1.807, 2.05) is 0 Å². The second-order valence-corrected chi connectivity index (χ2v) is 1.13. The summed E-state index contributed by atoms with van der Waals surface area (Å²) in [5.74, 6) is 3.69. The largest absolute Gasteiger partial charge is 0.477 e. The molecule has 5 N–H and O–H groups in total. The van der Waals surface area contributed by atoms with Crippen molar-refractivity contribution in [1.82, 2.24) is 11.0 Å². The van der Waals surface area contributed by atoms with Gasteiger partial charge in [0, 0.05) is 0 Å². The predicted octanol–water partition coefficient (Wildman–Crippen LogP) is -1.93. The van der Waals surface area contributed by atoms with Crippen molar-refractivity contribution in [2.45, 2.75) is 0 Å². The number of aliphatic imine (C=N–C) groups is 1. The third kappa shape index (κ3) is 7.02. The van der Waals surface area contributed by atoms with Crippen molar-refractivity contribution in [2.75, 3.05) is 6.67 Å². The highest BCUT2D eigenvalue weighted by atomic mass is 16.4. The molecule has 0 spiro atoms. The molecule has 0 aromatic carbocycles. The lowest BCUT2D eigenvalue weighted by molar-refractivity contribution is -0.128. The van der Waals surface area contributed by atoms with Crippen LogP contribution in [0.3, 0.4) is 0 Å². The normalized spacial score (nSPS) is 10.3. The number of aliphatic carboxylic acids is 1. The quantitative estimate of drug-likeness (QED) is 0.154. The predicted molar refractivity (Wildman–Crippen MR) is 31.5 cm³/mol. The maximum atomic E-state index is 9.73. The molecule has 0 saturated carbocycles. The molecule has 0 radical (unpaired) electrons. The van der Waals surface area contributed by atoms with Crippen molar-refractivity contribution in [3.05, 3.63) is 0 Å². The Balaban J connectivity index is 3.15. The number of hydrogen-bond acceptors (Lipinski definition) is 5. The van der Waals surface area contributed by atoms with E-state index in [4.69, 9.17) is 10.9 Å². The summed E-state index contributed by atoms with van der Waals surface area (Å²) in [4.78, 5) is 13.1. The van der Waals surface area contributed by atoms with Crippen LogP contribution >= 0.6 is 0 Å². The minimum absolute atomic E-state index is 0.142. The molecule has 0 heterocycles. The molecule has 0 aliphatic rings. The SMILES string of the molecule is NNNC/N=C/C(=O)O. The van der Waals surface area contributed by atoms with Crippen molar-refractivity contribution in [3.8, 4) is 0 Å². The molecule has 0 aromatic heterocycles. The lowest BCUT2D eigenvalue weighted by atomic mass is 10.8. The fourth-order valence-corrected chi connectivity index (χ4v) is 0.215. The molecule has 0 aliphatic heterocycles. The molecule has 0 fully saturated rings. The second-order valence-electron chi connectivity index (χ2n) is 1.13. The first-order valence-electron chi connectivity index (χ1n) is 2.18. The summed E-state index contributed by atoms with van der Waals surface area (Å²) < 4.78 is 0. The molecule has 0 aliphatic carbocycles. The molecular weight excluding hydrogens is 124 g/mol. The molecular formula is C3H8N4O2. The van der Waals surface area contributed by atoms with Crippen LogP contribution in [0.5, 0.6) is 0 Å². The molecule has 9 heavy (non-hydrogen) atoms. The van der Waals surface area contributed by atoms with Gasteiger partial charge in [-0.3, -0.25) is 10.8 Å². The monoisotopic (exact) mass is 132 g/mol. The van der Waals surface area contributed by atoms with Crippen LogP contribution in [0.4, 0.5) is 0 Å². The fraction of sp³-hybridized carbons (Fsp3) is 0.333. The number of hydrazine groups is 2. The van der Waals surface area contributed by atoms with Gasteiger partial charge in [-0.15, -0.1) is 0 Å². The maximum Gasteiger partial charge on any atom is 0.346 e. The van der Waals surface area contributed by atoms with Crippen molar-refractivity contribution in [3.63, 3.8) is 0 Å². The third-order valence-corrected chi connectivity index (χ3v) is 0.474. The van der Waals surface area contributed by atoms with Gasteiger partial charge in [0.1, 0.15) is 12.9 Å². The molecule has 0 amide bonds. The molecule has 52 valence electrons. The lowest BCUT2D eigenvalue weighted by Crippen LogP contribution is -2.37. The third-order valence-electron chi connectivity index (χ3n) is 0.474. The van der Waals surface area contributed by atoms with Gasteiger partial charge in [-0.05, 0) is 0 Å². The first-order valence-corrected chi connectivity index (χ1v) is 2.18. The van der Waals surface area contributed by atoms with Crippen molar-refractivity contribution in [1.29, 1.82) is 0 Å². The maximum absolute atomic E-state index is 9.73. The summed E-state index contributed by atoms with van der Waals surface area (Å²) in [7, 11) is 0. The van der Waals surface area contributed by atoms with Gasteiger partial charge in [0.15, 0.2) is 0 Å². The molecule has 6 nitrogen and oxygen atoms in total. The van der Waals surface area contributed by atoms with Crippen LogP contribution in [0.15, 0.2) is 4.99 Å². The van der Waals surface area contributed by atoms with Crippen LogP contribution < -0.4 is 16.8 Å². The first kappa shape index (κ1) is 8.02. The number of carboxylic acid groups (broad SMARTS) is 1. The molecule has 0 rings (SSSR count). The summed E-state index contributed by atoms with van der Waals surface area (Å²) in [6.45, 7) is 0.142. The minimum atomic E-state index is -1.08. The van der Waals surface area contributed by atoms with E-state index in [1.54, 1.807) is 0 Å². The Labute approximate surface area is 51.7 Å². The Morgan fingerprint density at radius 2 is 2.56 bits per heavy atom. The average molecular weight is 132 g/mol. The van der Waals surface area contributed by atoms with Crippen molar-refractivity contribution in [2.24, 2.45) is 10.8 Å². The van der Waals surface area contributed by atoms with Gasteiger partial charge in [0.25, 0.3) is 0 Å². The summed E-state index contributed by atoms with van der Waals surface area (Å²) in [5, 5.41) is 7.98. The van der Waals surface area contributed by atoms with E-state index in [0.29, 0.717) is 0 Å². The lowest BCUT2D eigenvalue weighted by Gasteiger charge is -1.92. The van der Waals surface area contributed by atoms with Crippen LogP contribution in [0.2, 0.25) is 0 Å². The number of nitrogens with zero attached hydrogens (tertiary/aromatic N) is 1. The van der Waals surface area contributed by atoms with Gasteiger partial charge < -0.3 is 5.11 Å². The molecule has 0 aromatic rings. The molecule has 0 atom stereocenters. The van der Waals surface area contributed by atoms with Crippen LogP contribution in [0.25, 0.3) is 0 Å². The van der Waals surface area contributed by atoms with E-state index in [2.05, 4.69) is 16.0 Å². The summed E-state index contributed by atoms with van der Waals surface area (Å²) in [6.07, 6.45) is 0.782. The molecule has 6 heteroatoms. The van der Waals surface area contributed by atoms with Crippen LogP contribution in [0, 0.1) is 0 Å².